The average molecular weight is 381 g/mol. The summed E-state index contributed by atoms with van der Waals surface area (Å²) in [5.41, 5.74) is 4.01. The monoisotopic (exact) mass is 381 g/mol. The first-order chi connectivity index (χ1) is 14.3. The second-order valence-corrected chi connectivity index (χ2v) is 6.46. The molecule has 0 aliphatic heterocycles. The fourth-order valence-electron chi connectivity index (χ4n) is 3.07. The van der Waals surface area contributed by atoms with Gasteiger partial charge in [-0.05, 0) is 40.3 Å². The van der Waals surface area contributed by atoms with E-state index in [9.17, 15) is 4.79 Å². The molecule has 0 fully saturated rings. The van der Waals surface area contributed by atoms with Crippen LogP contribution in [-0.2, 0) is 11.3 Å². The lowest BCUT2D eigenvalue weighted by molar-refractivity contribution is 0.167. The van der Waals surface area contributed by atoms with Gasteiger partial charge in [0, 0.05) is 30.4 Å². The lowest BCUT2D eigenvalue weighted by atomic mass is 10.0. The van der Waals surface area contributed by atoms with Crippen molar-refractivity contribution in [1.29, 1.82) is 0 Å². The Bertz CT molecular complexity index is 1130. The molecule has 0 unspecified atom stereocenters. The van der Waals surface area contributed by atoms with E-state index in [1.165, 1.54) is 0 Å². The minimum absolute atomic E-state index is 0.568. The second kappa shape index (κ2) is 8.80. The molecule has 3 aromatic carbocycles. The highest BCUT2D eigenvalue weighted by Crippen LogP contribution is 2.23. The number of amides is 1. The second-order valence-electron chi connectivity index (χ2n) is 6.46. The molecule has 0 aliphatic rings. The molecule has 0 atom stereocenters. The van der Waals surface area contributed by atoms with Gasteiger partial charge in [-0.15, -0.1) is 0 Å². The molecule has 1 N–H and O–H groups in total. The number of aromatic nitrogens is 1. The van der Waals surface area contributed by atoms with E-state index in [4.69, 9.17) is 4.84 Å². The Kier molecular flexibility index (Phi) is 5.58. The van der Waals surface area contributed by atoms with E-state index in [0.717, 1.165) is 27.5 Å². The van der Waals surface area contributed by atoms with Gasteiger partial charge in [0.05, 0.1) is 5.69 Å². The first-order valence-corrected chi connectivity index (χ1v) is 9.26. The van der Waals surface area contributed by atoms with Crippen LogP contribution in [0.1, 0.15) is 5.56 Å². The van der Waals surface area contributed by atoms with Crippen LogP contribution in [0.4, 0.5) is 10.5 Å². The first kappa shape index (κ1) is 18.4. The van der Waals surface area contributed by atoms with E-state index in [2.05, 4.69) is 15.5 Å². The van der Waals surface area contributed by atoms with Crippen LogP contribution in [0.25, 0.3) is 21.9 Å². The number of pyridine rings is 1. The molecule has 1 heterocycles. The van der Waals surface area contributed by atoms with Crippen LogP contribution in [0, 0.1) is 0 Å². The SMILES string of the molecule is O=C(Nc1cccc2ccccc12)ON=CCc1ccc(-c2ccncc2)cc1. The van der Waals surface area contributed by atoms with Crippen molar-refractivity contribution in [3.8, 4) is 11.1 Å². The molecule has 0 saturated carbocycles. The number of hydrogen-bond acceptors (Lipinski definition) is 4. The molecule has 4 rings (SSSR count). The quantitative estimate of drug-likeness (QED) is 0.275. The lowest BCUT2D eigenvalue weighted by Gasteiger charge is -2.06. The number of carbonyl (C=O) groups excluding carboxylic acids is 1. The Balaban J connectivity index is 1.31. The minimum atomic E-state index is -0.620. The molecule has 1 aromatic heterocycles. The van der Waals surface area contributed by atoms with Crippen LogP contribution < -0.4 is 5.32 Å². The number of fused-ring (bicyclic) bond motifs is 1. The summed E-state index contributed by atoms with van der Waals surface area (Å²) < 4.78 is 0. The Morgan fingerprint density at radius 2 is 1.62 bits per heavy atom. The molecule has 0 spiro atoms. The van der Waals surface area contributed by atoms with Crippen molar-refractivity contribution >= 4 is 28.8 Å². The van der Waals surface area contributed by atoms with Crippen LogP contribution in [0.5, 0.6) is 0 Å². The number of anilines is 1. The first-order valence-electron chi connectivity index (χ1n) is 9.26. The largest absolute Gasteiger partial charge is 0.437 e. The third-order valence-corrected chi connectivity index (χ3v) is 4.53. The van der Waals surface area contributed by atoms with Crippen LogP contribution in [0.15, 0.2) is 96.4 Å². The van der Waals surface area contributed by atoms with Crippen molar-refractivity contribution in [2.45, 2.75) is 6.42 Å². The van der Waals surface area contributed by atoms with Gasteiger partial charge in [-0.1, -0.05) is 65.8 Å². The normalized spacial score (nSPS) is 10.9. The van der Waals surface area contributed by atoms with Gasteiger partial charge in [-0.25, -0.2) is 4.79 Å². The lowest BCUT2D eigenvalue weighted by Crippen LogP contribution is -2.11. The Labute approximate surface area is 168 Å². The molecular weight excluding hydrogens is 362 g/mol. The predicted octanol–water partition coefficient (Wildman–Crippen LogP) is 5.68. The summed E-state index contributed by atoms with van der Waals surface area (Å²) >= 11 is 0. The Hall–Kier alpha value is -3.99. The topological polar surface area (TPSA) is 63.6 Å². The van der Waals surface area contributed by atoms with E-state index in [0.29, 0.717) is 12.1 Å². The third kappa shape index (κ3) is 4.65. The van der Waals surface area contributed by atoms with Crippen LogP contribution in [0.3, 0.4) is 0 Å². The standard InChI is InChI=1S/C24H19N3O2/c28-24(27-23-7-3-5-21-4-1-2-6-22(21)23)29-26-17-12-18-8-10-19(11-9-18)20-13-15-25-16-14-20/h1-11,13-17H,12H2,(H,27,28). The zero-order valence-corrected chi connectivity index (χ0v) is 15.7. The number of nitrogens with one attached hydrogen (secondary N) is 1. The van der Waals surface area contributed by atoms with Gasteiger partial charge in [0.15, 0.2) is 0 Å². The molecule has 4 aromatic rings. The summed E-state index contributed by atoms with van der Waals surface area (Å²) in [6.07, 6.45) is 5.07. The van der Waals surface area contributed by atoms with E-state index in [-0.39, 0.29) is 0 Å². The zero-order chi connectivity index (χ0) is 19.9. The van der Waals surface area contributed by atoms with E-state index in [1.54, 1.807) is 18.6 Å². The molecule has 142 valence electrons. The molecule has 0 saturated heterocycles. The fraction of sp³-hybridized carbons (Fsp3) is 0.0417. The van der Waals surface area contributed by atoms with Crippen LogP contribution >= 0.6 is 0 Å². The summed E-state index contributed by atoms with van der Waals surface area (Å²) in [4.78, 5) is 21.0. The number of nitrogens with zero attached hydrogens (tertiary/aromatic N) is 2. The van der Waals surface area contributed by atoms with Gasteiger partial charge >= 0.3 is 6.09 Å². The van der Waals surface area contributed by atoms with Crippen molar-refractivity contribution in [1.82, 2.24) is 4.98 Å². The highest BCUT2D eigenvalue weighted by molar-refractivity contribution is 6.00. The highest BCUT2D eigenvalue weighted by Gasteiger charge is 2.06. The maximum Gasteiger partial charge on any atom is 0.437 e. The molecule has 29 heavy (non-hydrogen) atoms. The van der Waals surface area contributed by atoms with Crippen LogP contribution in [-0.4, -0.2) is 17.3 Å². The molecule has 1 amide bonds. The maximum absolute atomic E-state index is 12.0. The van der Waals surface area contributed by atoms with Crippen molar-refractivity contribution in [2.75, 3.05) is 5.32 Å². The zero-order valence-electron chi connectivity index (χ0n) is 15.7. The summed E-state index contributed by atoms with van der Waals surface area (Å²) in [7, 11) is 0. The van der Waals surface area contributed by atoms with Gasteiger partial charge in [-0.2, -0.15) is 0 Å². The van der Waals surface area contributed by atoms with Crippen molar-refractivity contribution in [3.63, 3.8) is 0 Å². The molecule has 0 aliphatic carbocycles. The van der Waals surface area contributed by atoms with Gasteiger partial charge < -0.3 is 0 Å². The Morgan fingerprint density at radius 3 is 2.45 bits per heavy atom. The van der Waals surface area contributed by atoms with Gasteiger partial charge in [0.2, 0.25) is 0 Å². The van der Waals surface area contributed by atoms with Gasteiger partial charge in [0.1, 0.15) is 0 Å². The Morgan fingerprint density at radius 1 is 0.897 bits per heavy atom. The number of benzene rings is 3. The number of oxime groups is 1. The number of rotatable bonds is 5. The summed E-state index contributed by atoms with van der Waals surface area (Å²) in [5, 5.41) is 8.50. The molecule has 0 bridgehead atoms. The number of hydrogen-bond donors (Lipinski definition) is 1. The van der Waals surface area contributed by atoms with E-state index in [1.807, 2.05) is 78.9 Å². The summed E-state index contributed by atoms with van der Waals surface area (Å²) in [5.74, 6) is 0. The van der Waals surface area contributed by atoms with Crippen molar-refractivity contribution in [2.24, 2.45) is 5.16 Å². The van der Waals surface area contributed by atoms with Crippen molar-refractivity contribution in [3.05, 3.63) is 96.8 Å². The van der Waals surface area contributed by atoms with Crippen molar-refractivity contribution < 1.29 is 9.63 Å². The molecule has 5 heteroatoms. The van der Waals surface area contributed by atoms with E-state index < -0.39 is 6.09 Å². The fourth-order valence-corrected chi connectivity index (χ4v) is 3.07. The number of carbonyl (C=O) groups is 1. The summed E-state index contributed by atoms with van der Waals surface area (Å²) in [6.45, 7) is 0. The highest BCUT2D eigenvalue weighted by atomic mass is 16.7. The van der Waals surface area contributed by atoms with Crippen LogP contribution in [0.2, 0.25) is 0 Å². The smallest absolute Gasteiger partial charge is 0.298 e. The maximum atomic E-state index is 12.0. The minimum Gasteiger partial charge on any atom is -0.298 e. The molecule has 5 nitrogen and oxygen atoms in total. The predicted molar refractivity (Wildman–Crippen MR) is 116 cm³/mol. The third-order valence-electron chi connectivity index (χ3n) is 4.53. The van der Waals surface area contributed by atoms with E-state index >= 15 is 0 Å². The summed E-state index contributed by atoms with van der Waals surface area (Å²) in [6, 6.07) is 25.6. The molecular formula is C24H19N3O2. The average Bonchev–Trinajstić information content (AvgIpc) is 2.78. The van der Waals surface area contributed by atoms with Gasteiger partial charge in [0.25, 0.3) is 0 Å². The van der Waals surface area contributed by atoms with Gasteiger partial charge in [-0.3, -0.25) is 15.1 Å². The molecule has 0 radical (unpaired) electrons.